The fourth-order valence-corrected chi connectivity index (χ4v) is 1.76. The molecule has 0 aliphatic carbocycles. The lowest BCUT2D eigenvalue weighted by molar-refractivity contribution is -0.137. The number of aliphatic carboxylic acids is 1. The second-order valence-corrected chi connectivity index (χ2v) is 4.38. The quantitative estimate of drug-likeness (QED) is 0.653. The molecule has 0 radical (unpaired) electrons. The molecule has 0 aliphatic rings. The van der Waals surface area contributed by atoms with Crippen LogP contribution < -0.4 is 5.32 Å². The molecule has 0 aliphatic heterocycles. The Morgan fingerprint density at radius 3 is 2.42 bits per heavy atom. The van der Waals surface area contributed by atoms with Crippen LogP contribution in [0, 0.1) is 0 Å². The average molecular weight is 265 g/mol. The predicted molar refractivity (Wildman–Crippen MR) is 70.6 cm³/mol. The molecule has 0 aromatic heterocycles. The fourth-order valence-electron chi connectivity index (χ4n) is 1.76. The molecular weight excluding hydrogens is 246 g/mol. The van der Waals surface area contributed by atoms with Gasteiger partial charge in [0.2, 0.25) is 5.91 Å². The van der Waals surface area contributed by atoms with E-state index in [-0.39, 0.29) is 31.4 Å². The SMILES string of the molecule is O=C(O)CCCC(=O)N[C@@H](CO)Cc1ccccc1. The maximum Gasteiger partial charge on any atom is 0.303 e. The van der Waals surface area contributed by atoms with Gasteiger partial charge in [0.15, 0.2) is 0 Å². The summed E-state index contributed by atoms with van der Waals surface area (Å²) in [5.74, 6) is -1.13. The number of aliphatic hydroxyl groups excluding tert-OH is 1. The van der Waals surface area contributed by atoms with Gasteiger partial charge in [-0.15, -0.1) is 0 Å². The van der Waals surface area contributed by atoms with Crippen molar-refractivity contribution in [1.82, 2.24) is 5.32 Å². The first kappa shape index (κ1) is 15.2. The van der Waals surface area contributed by atoms with E-state index in [9.17, 15) is 14.7 Å². The Hall–Kier alpha value is -1.88. The Kier molecular flexibility index (Phi) is 6.60. The molecule has 0 unspecified atom stereocenters. The van der Waals surface area contributed by atoms with Crippen LogP contribution in [0.3, 0.4) is 0 Å². The summed E-state index contributed by atoms with van der Waals surface area (Å²) in [5, 5.41) is 20.4. The number of carbonyl (C=O) groups is 2. The van der Waals surface area contributed by atoms with Crippen molar-refractivity contribution in [3.8, 4) is 0 Å². The van der Waals surface area contributed by atoms with Crippen LogP contribution in [0.25, 0.3) is 0 Å². The minimum atomic E-state index is -0.907. The third-order valence-electron chi connectivity index (χ3n) is 2.70. The minimum absolute atomic E-state index is 0.0180. The lowest BCUT2D eigenvalue weighted by atomic mass is 10.1. The highest BCUT2D eigenvalue weighted by Crippen LogP contribution is 2.04. The van der Waals surface area contributed by atoms with Crippen molar-refractivity contribution < 1.29 is 19.8 Å². The predicted octanol–water partition coefficient (Wildman–Crippen LogP) is 0.961. The Balaban J connectivity index is 2.35. The molecule has 1 aromatic rings. The number of aliphatic hydroxyl groups is 1. The van der Waals surface area contributed by atoms with E-state index in [0.717, 1.165) is 5.56 Å². The fraction of sp³-hybridized carbons (Fsp3) is 0.429. The second kappa shape index (κ2) is 8.26. The Bertz CT molecular complexity index is 405. The maximum absolute atomic E-state index is 11.6. The maximum atomic E-state index is 11.6. The lowest BCUT2D eigenvalue weighted by Gasteiger charge is -2.16. The summed E-state index contributed by atoms with van der Waals surface area (Å²) in [6, 6.07) is 9.23. The molecule has 5 nitrogen and oxygen atoms in total. The van der Waals surface area contributed by atoms with E-state index in [0.29, 0.717) is 12.8 Å². The highest BCUT2D eigenvalue weighted by atomic mass is 16.4. The van der Waals surface area contributed by atoms with Crippen LogP contribution in [0.5, 0.6) is 0 Å². The second-order valence-electron chi connectivity index (χ2n) is 4.38. The summed E-state index contributed by atoms with van der Waals surface area (Å²) in [6.45, 7) is -0.139. The number of carbonyl (C=O) groups excluding carboxylic acids is 1. The van der Waals surface area contributed by atoms with Crippen LogP contribution >= 0.6 is 0 Å². The first-order valence-corrected chi connectivity index (χ1v) is 6.27. The van der Waals surface area contributed by atoms with Gasteiger partial charge in [-0.25, -0.2) is 0 Å². The standard InChI is InChI=1S/C14H19NO4/c16-10-12(9-11-5-2-1-3-6-11)15-13(17)7-4-8-14(18)19/h1-3,5-6,12,16H,4,7-10H2,(H,15,17)(H,18,19)/t12-/m1/s1. The summed E-state index contributed by atoms with van der Waals surface area (Å²) >= 11 is 0. The van der Waals surface area contributed by atoms with E-state index in [2.05, 4.69) is 5.32 Å². The lowest BCUT2D eigenvalue weighted by Crippen LogP contribution is -2.39. The van der Waals surface area contributed by atoms with Gasteiger partial charge in [0.1, 0.15) is 0 Å². The van der Waals surface area contributed by atoms with Crippen LogP contribution in [0.15, 0.2) is 30.3 Å². The van der Waals surface area contributed by atoms with Gasteiger partial charge in [-0.05, 0) is 18.4 Å². The number of hydrogen-bond acceptors (Lipinski definition) is 3. The summed E-state index contributed by atoms with van der Waals surface area (Å²) in [4.78, 5) is 21.9. The number of rotatable bonds is 8. The van der Waals surface area contributed by atoms with Crippen molar-refractivity contribution >= 4 is 11.9 Å². The van der Waals surface area contributed by atoms with Gasteiger partial charge >= 0.3 is 5.97 Å². The van der Waals surface area contributed by atoms with E-state index in [4.69, 9.17) is 5.11 Å². The van der Waals surface area contributed by atoms with E-state index in [1.165, 1.54) is 0 Å². The van der Waals surface area contributed by atoms with E-state index < -0.39 is 5.97 Å². The molecule has 0 bridgehead atoms. The first-order valence-electron chi connectivity index (χ1n) is 6.27. The summed E-state index contributed by atoms with van der Waals surface area (Å²) in [6.07, 6.45) is 1.01. The van der Waals surface area contributed by atoms with Crippen LogP contribution in [0.4, 0.5) is 0 Å². The minimum Gasteiger partial charge on any atom is -0.481 e. The molecule has 5 heteroatoms. The normalized spacial score (nSPS) is 11.8. The molecular formula is C14H19NO4. The highest BCUT2D eigenvalue weighted by molar-refractivity contribution is 5.77. The molecule has 1 rings (SSSR count). The van der Waals surface area contributed by atoms with Gasteiger partial charge in [0, 0.05) is 12.8 Å². The molecule has 1 aromatic carbocycles. The van der Waals surface area contributed by atoms with Crippen LogP contribution in [-0.2, 0) is 16.0 Å². The van der Waals surface area contributed by atoms with Gasteiger partial charge in [-0.3, -0.25) is 9.59 Å². The number of carboxylic acids is 1. The first-order chi connectivity index (χ1) is 9.11. The summed E-state index contributed by atoms with van der Waals surface area (Å²) in [7, 11) is 0. The van der Waals surface area contributed by atoms with Gasteiger partial charge in [0.05, 0.1) is 12.6 Å². The van der Waals surface area contributed by atoms with Gasteiger partial charge < -0.3 is 15.5 Å². The van der Waals surface area contributed by atoms with Crippen LogP contribution in [-0.4, -0.2) is 34.7 Å². The van der Waals surface area contributed by atoms with Crippen molar-refractivity contribution in [2.24, 2.45) is 0 Å². The number of hydrogen-bond donors (Lipinski definition) is 3. The Morgan fingerprint density at radius 1 is 1.16 bits per heavy atom. The molecule has 3 N–H and O–H groups in total. The van der Waals surface area contributed by atoms with E-state index in [1.54, 1.807) is 0 Å². The third-order valence-corrected chi connectivity index (χ3v) is 2.70. The van der Waals surface area contributed by atoms with Crippen LogP contribution in [0.2, 0.25) is 0 Å². The van der Waals surface area contributed by atoms with Gasteiger partial charge in [0.25, 0.3) is 0 Å². The zero-order valence-electron chi connectivity index (χ0n) is 10.7. The van der Waals surface area contributed by atoms with Gasteiger partial charge in [-0.2, -0.15) is 0 Å². The highest BCUT2D eigenvalue weighted by Gasteiger charge is 2.12. The molecule has 0 saturated carbocycles. The Labute approximate surface area is 112 Å². The number of amides is 1. The van der Waals surface area contributed by atoms with Crippen LogP contribution in [0.1, 0.15) is 24.8 Å². The molecule has 104 valence electrons. The molecule has 0 fully saturated rings. The summed E-state index contributed by atoms with van der Waals surface area (Å²) in [5.41, 5.74) is 1.03. The summed E-state index contributed by atoms with van der Waals surface area (Å²) < 4.78 is 0. The number of benzene rings is 1. The largest absolute Gasteiger partial charge is 0.481 e. The van der Waals surface area contributed by atoms with Crippen molar-refractivity contribution in [3.05, 3.63) is 35.9 Å². The third kappa shape index (κ3) is 6.57. The van der Waals surface area contributed by atoms with Crippen molar-refractivity contribution in [2.75, 3.05) is 6.61 Å². The molecule has 19 heavy (non-hydrogen) atoms. The van der Waals surface area contributed by atoms with E-state index in [1.807, 2.05) is 30.3 Å². The number of nitrogens with one attached hydrogen (secondary N) is 1. The smallest absolute Gasteiger partial charge is 0.303 e. The zero-order valence-corrected chi connectivity index (χ0v) is 10.7. The Morgan fingerprint density at radius 2 is 1.84 bits per heavy atom. The van der Waals surface area contributed by atoms with Crippen molar-refractivity contribution in [2.45, 2.75) is 31.7 Å². The average Bonchev–Trinajstić information content (AvgIpc) is 2.38. The topological polar surface area (TPSA) is 86.6 Å². The van der Waals surface area contributed by atoms with E-state index >= 15 is 0 Å². The molecule has 0 heterocycles. The molecule has 1 atom stereocenters. The zero-order chi connectivity index (χ0) is 14.1. The monoisotopic (exact) mass is 265 g/mol. The number of carboxylic acid groups (broad SMARTS) is 1. The molecule has 0 saturated heterocycles. The van der Waals surface area contributed by atoms with Crippen molar-refractivity contribution in [3.63, 3.8) is 0 Å². The van der Waals surface area contributed by atoms with Crippen molar-refractivity contribution in [1.29, 1.82) is 0 Å². The van der Waals surface area contributed by atoms with Gasteiger partial charge in [-0.1, -0.05) is 30.3 Å². The molecule has 1 amide bonds. The molecule has 0 spiro atoms.